The lowest BCUT2D eigenvalue weighted by molar-refractivity contribution is 0.00856. The Morgan fingerprint density at radius 1 is 1.50 bits per heavy atom. The normalized spacial score (nSPS) is 16.0. The summed E-state index contributed by atoms with van der Waals surface area (Å²) in [6.45, 7) is 2.95. The van der Waals surface area contributed by atoms with Crippen molar-refractivity contribution < 1.29 is 9.53 Å². The molecule has 0 aliphatic carbocycles. The van der Waals surface area contributed by atoms with Gasteiger partial charge in [0.1, 0.15) is 4.88 Å². The molecule has 1 aromatic rings. The molecule has 2 heterocycles. The van der Waals surface area contributed by atoms with E-state index in [1.165, 1.54) is 11.3 Å². The van der Waals surface area contributed by atoms with E-state index in [4.69, 9.17) is 10.5 Å². The van der Waals surface area contributed by atoms with Crippen LogP contribution in [0.2, 0.25) is 0 Å². The van der Waals surface area contributed by atoms with Crippen LogP contribution < -0.4 is 5.73 Å². The highest BCUT2D eigenvalue weighted by molar-refractivity contribution is 9.10. The fraction of sp³-hybridized carbons (Fsp3) is 0.615. The van der Waals surface area contributed by atoms with E-state index in [-0.39, 0.29) is 24.4 Å². The van der Waals surface area contributed by atoms with Gasteiger partial charge in [0.25, 0.3) is 5.91 Å². The third-order valence-corrected chi connectivity index (χ3v) is 5.07. The molecule has 0 atom stereocenters. The van der Waals surface area contributed by atoms with Gasteiger partial charge in [-0.15, -0.1) is 23.7 Å². The van der Waals surface area contributed by atoms with Crippen molar-refractivity contribution in [1.29, 1.82) is 0 Å². The van der Waals surface area contributed by atoms with Crippen molar-refractivity contribution in [2.24, 2.45) is 5.73 Å². The van der Waals surface area contributed by atoms with E-state index >= 15 is 0 Å². The van der Waals surface area contributed by atoms with Gasteiger partial charge in [-0.1, -0.05) is 0 Å². The molecule has 0 unspecified atom stereocenters. The molecule has 0 bridgehead atoms. The summed E-state index contributed by atoms with van der Waals surface area (Å²) in [5.41, 5.74) is 5.44. The Bertz CT molecular complexity index is 422. The summed E-state index contributed by atoms with van der Waals surface area (Å²) in [7, 11) is 0. The monoisotopic (exact) mass is 382 g/mol. The number of nitrogens with zero attached hydrogens (tertiary/aromatic N) is 1. The zero-order valence-electron chi connectivity index (χ0n) is 11.2. The minimum absolute atomic E-state index is 0. The number of rotatable bonds is 5. The number of nitrogens with two attached hydrogens (primary N) is 1. The van der Waals surface area contributed by atoms with Crippen LogP contribution >= 0.6 is 39.7 Å². The number of carbonyl (C=O) groups is 1. The van der Waals surface area contributed by atoms with Gasteiger partial charge in [0.05, 0.1) is 6.10 Å². The molecule has 0 spiro atoms. The van der Waals surface area contributed by atoms with E-state index in [0.29, 0.717) is 6.54 Å². The molecular weight excluding hydrogens is 364 g/mol. The lowest BCUT2D eigenvalue weighted by atomic mass is 10.1. The summed E-state index contributed by atoms with van der Waals surface area (Å²) in [4.78, 5) is 15.0. The van der Waals surface area contributed by atoms with Gasteiger partial charge in [-0.25, -0.2) is 0 Å². The number of hydrogen-bond donors (Lipinski definition) is 1. The number of piperidine rings is 1. The summed E-state index contributed by atoms with van der Waals surface area (Å²) >= 11 is 4.90. The highest BCUT2D eigenvalue weighted by Gasteiger charge is 2.25. The molecule has 20 heavy (non-hydrogen) atoms. The standard InChI is InChI=1S/C13H19BrN2O2S.ClH/c14-11-4-9-19-12(11)13(17)16-6-2-10(3-7-16)18-8-1-5-15;/h4,9-10H,1-3,5-8,15H2;1H. The van der Waals surface area contributed by atoms with E-state index in [0.717, 1.165) is 48.3 Å². The summed E-state index contributed by atoms with van der Waals surface area (Å²) in [6.07, 6.45) is 3.02. The first kappa shape index (κ1) is 17.9. The highest BCUT2D eigenvalue weighted by Crippen LogP contribution is 2.25. The molecule has 0 aromatic carbocycles. The molecule has 1 fully saturated rings. The number of hydrogen-bond acceptors (Lipinski definition) is 4. The van der Waals surface area contributed by atoms with Crippen molar-refractivity contribution in [3.8, 4) is 0 Å². The van der Waals surface area contributed by atoms with Gasteiger partial charge in [-0.05, 0) is 53.2 Å². The molecule has 0 saturated carbocycles. The minimum Gasteiger partial charge on any atom is -0.378 e. The predicted octanol–water partition coefficient (Wildman–Crippen LogP) is 2.90. The second-order valence-corrected chi connectivity index (χ2v) is 6.37. The van der Waals surface area contributed by atoms with E-state index < -0.39 is 0 Å². The van der Waals surface area contributed by atoms with Crippen LogP contribution in [0.25, 0.3) is 0 Å². The fourth-order valence-corrected chi connectivity index (χ4v) is 3.66. The maximum absolute atomic E-state index is 12.3. The lowest BCUT2D eigenvalue weighted by Gasteiger charge is -2.31. The molecule has 0 radical (unpaired) electrons. The van der Waals surface area contributed by atoms with Crippen molar-refractivity contribution >= 4 is 45.6 Å². The predicted molar refractivity (Wildman–Crippen MR) is 87.8 cm³/mol. The van der Waals surface area contributed by atoms with E-state index in [9.17, 15) is 4.79 Å². The molecule has 2 rings (SSSR count). The highest BCUT2D eigenvalue weighted by atomic mass is 79.9. The molecule has 4 nitrogen and oxygen atoms in total. The molecular formula is C13H20BrClN2O2S. The lowest BCUT2D eigenvalue weighted by Crippen LogP contribution is -2.40. The Morgan fingerprint density at radius 3 is 2.75 bits per heavy atom. The molecule has 1 aromatic heterocycles. The van der Waals surface area contributed by atoms with Crippen LogP contribution in [-0.4, -0.2) is 43.2 Å². The van der Waals surface area contributed by atoms with Crippen LogP contribution in [0.5, 0.6) is 0 Å². The third kappa shape index (κ3) is 4.70. The van der Waals surface area contributed by atoms with Gasteiger partial charge in [0, 0.05) is 24.2 Å². The SMILES string of the molecule is Cl.NCCCOC1CCN(C(=O)c2sccc2Br)CC1. The summed E-state index contributed by atoms with van der Waals surface area (Å²) in [5.74, 6) is 0.127. The first-order valence-corrected chi connectivity index (χ1v) is 8.23. The van der Waals surface area contributed by atoms with Crippen LogP contribution in [-0.2, 0) is 4.74 Å². The molecule has 114 valence electrons. The first-order valence-electron chi connectivity index (χ1n) is 6.56. The zero-order valence-corrected chi connectivity index (χ0v) is 14.4. The number of likely N-dealkylation sites (tertiary alicyclic amines) is 1. The topological polar surface area (TPSA) is 55.6 Å². The van der Waals surface area contributed by atoms with Crippen LogP contribution in [0.4, 0.5) is 0 Å². The van der Waals surface area contributed by atoms with Crippen molar-refractivity contribution in [3.63, 3.8) is 0 Å². The molecule has 1 aliphatic rings. The summed E-state index contributed by atoms with van der Waals surface area (Å²) < 4.78 is 6.63. The summed E-state index contributed by atoms with van der Waals surface area (Å²) in [6, 6.07) is 1.92. The van der Waals surface area contributed by atoms with Gasteiger partial charge < -0.3 is 15.4 Å². The Labute approximate surface area is 138 Å². The van der Waals surface area contributed by atoms with Crippen molar-refractivity contribution in [3.05, 3.63) is 20.8 Å². The van der Waals surface area contributed by atoms with Crippen LogP contribution in [0.15, 0.2) is 15.9 Å². The number of thiophene rings is 1. The number of halogens is 2. The van der Waals surface area contributed by atoms with Gasteiger partial charge in [0.15, 0.2) is 0 Å². The zero-order chi connectivity index (χ0) is 13.7. The van der Waals surface area contributed by atoms with Crippen molar-refractivity contribution in [2.45, 2.75) is 25.4 Å². The Balaban J connectivity index is 0.00000200. The third-order valence-electron chi connectivity index (χ3n) is 3.24. The average Bonchev–Trinajstić information content (AvgIpc) is 2.85. The van der Waals surface area contributed by atoms with Crippen molar-refractivity contribution in [2.75, 3.05) is 26.2 Å². The average molecular weight is 384 g/mol. The molecule has 2 N–H and O–H groups in total. The Kier molecular flexibility index (Phi) is 8.06. The Morgan fingerprint density at radius 2 is 2.20 bits per heavy atom. The largest absolute Gasteiger partial charge is 0.378 e. The second-order valence-electron chi connectivity index (χ2n) is 4.60. The van der Waals surface area contributed by atoms with Gasteiger partial charge in [0.2, 0.25) is 0 Å². The first-order chi connectivity index (χ1) is 9.22. The summed E-state index contributed by atoms with van der Waals surface area (Å²) in [5, 5.41) is 1.93. The van der Waals surface area contributed by atoms with Crippen molar-refractivity contribution in [1.82, 2.24) is 4.90 Å². The van der Waals surface area contributed by atoms with Gasteiger partial charge in [-0.2, -0.15) is 0 Å². The van der Waals surface area contributed by atoms with E-state index in [1.807, 2.05) is 16.3 Å². The molecule has 1 saturated heterocycles. The van der Waals surface area contributed by atoms with E-state index in [1.54, 1.807) is 0 Å². The molecule has 7 heteroatoms. The van der Waals surface area contributed by atoms with Crippen LogP contribution in [0.3, 0.4) is 0 Å². The number of ether oxygens (including phenoxy) is 1. The quantitative estimate of drug-likeness (QED) is 0.795. The van der Waals surface area contributed by atoms with E-state index in [2.05, 4.69) is 15.9 Å². The minimum atomic E-state index is 0. The Hall–Kier alpha value is -0.140. The number of carbonyl (C=O) groups excluding carboxylic acids is 1. The second kappa shape index (κ2) is 9.00. The smallest absolute Gasteiger partial charge is 0.265 e. The van der Waals surface area contributed by atoms with Gasteiger partial charge in [-0.3, -0.25) is 4.79 Å². The maximum atomic E-state index is 12.3. The fourth-order valence-electron chi connectivity index (χ4n) is 2.15. The van der Waals surface area contributed by atoms with Crippen LogP contribution in [0.1, 0.15) is 28.9 Å². The maximum Gasteiger partial charge on any atom is 0.265 e. The van der Waals surface area contributed by atoms with Crippen LogP contribution in [0, 0.1) is 0 Å². The number of amides is 1. The molecule has 1 amide bonds. The molecule has 1 aliphatic heterocycles. The van der Waals surface area contributed by atoms with Gasteiger partial charge >= 0.3 is 0 Å².